The van der Waals surface area contributed by atoms with E-state index < -0.39 is 27.4 Å². The van der Waals surface area contributed by atoms with E-state index in [0.29, 0.717) is 5.57 Å². The summed E-state index contributed by atoms with van der Waals surface area (Å²) in [5.74, 6) is 2.33. The first-order chi connectivity index (χ1) is 7.90. The van der Waals surface area contributed by atoms with E-state index in [4.69, 9.17) is 34.8 Å². The van der Waals surface area contributed by atoms with Crippen molar-refractivity contribution >= 4 is 46.4 Å². The number of allylic oxidation sites excluding steroid dienone is 4. The molecule has 0 aliphatic heterocycles. The van der Waals surface area contributed by atoms with Crippen LogP contribution in [0.25, 0.3) is 0 Å². The molecule has 17 heavy (non-hydrogen) atoms. The Morgan fingerprint density at radius 2 is 1.76 bits per heavy atom. The molecular formula is C11H5Cl3O3. The summed E-state index contributed by atoms with van der Waals surface area (Å²) < 4.78 is 0. The molecule has 0 amide bonds. The highest BCUT2D eigenvalue weighted by Gasteiger charge is 2.32. The number of hydrogen-bond acceptors (Lipinski definition) is 3. The zero-order valence-electron chi connectivity index (χ0n) is 8.47. The summed E-state index contributed by atoms with van der Waals surface area (Å²) in [6, 6.07) is 0. The first-order valence-corrected chi connectivity index (χ1v) is 5.46. The van der Waals surface area contributed by atoms with Crippen LogP contribution in [-0.2, 0) is 9.59 Å². The zero-order valence-corrected chi connectivity index (χ0v) is 10.7. The number of carbonyl (C=O) groups excluding carboxylic acids is 2. The highest BCUT2D eigenvalue weighted by Crippen LogP contribution is 2.28. The number of carbonyl (C=O) groups is 2. The number of aliphatic hydroxyl groups is 1. The van der Waals surface area contributed by atoms with Crippen LogP contribution in [0.3, 0.4) is 0 Å². The van der Waals surface area contributed by atoms with Crippen LogP contribution in [-0.4, -0.2) is 16.7 Å². The molecule has 6 heteroatoms. The van der Waals surface area contributed by atoms with Gasteiger partial charge in [-0.05, 0) is 6.92 Å². The van der Waals surface area contributed by atoms with Crippen LogP contribution in [0.1, 0.15) is 6.92 Å². The lowest BCUT2D eigenvalue weighted by Gasteiger charge is -2.10. The minimum Gasteiger partial charge on any atom is -0.505 e. The number of aliphatic hydroxyl groups excluding tert-OH is 1. The van der Waals surface area contributed by atoms with Gasteiger partial charge in [0, 0.05) is 11.1 Å². The van der Waals surface area contributed by atoms with E-state index in [1.165, 1.54) is 5.54 Å². The molecule has 0 fully saturated rings. The van der Waals surface area contributed by atoms with Crippen molar-refractivity contribution in [3.63, 3.8) is 0 Å². The van der Waals surface area contributed by atoms with Crippen molar-refractivity contribution in [3.8, 4) is 11.8 Å². The van der Waals surface area contributed by atoms with Gasteiger partial charge in [-0.3, -0.25) is 9.59 Å². The normalized spacial score (nSPS) is 17.3. The summed E-state index contributed by atoms with van der Waals surface area (Å²) in [5, 5.41) is 8.52. The predicted octanol–water partition coefficient (Wildman–Crippen LogP) is 2.79. The first kappa shape index (κ1) is 13.9. The number of hydrogen-bond donors (Lipinski definition) is 1. The van der Waals surface area contributed by atoms with Crippen molar-refractivity contribution in [2.75, 3.05) is 0 Å². The van der Waals surface area contributed by atoms with Gasteiger partial charge in [-0.1, -0.05) is 46.6 Å². The largest absolute Gasteiger partial charge is 0.505 e. The fourth-order valence-electron chi connectivity index (χ4n) is 0.937. The summed E-state index contributed by atoms with van der Waals surface area (Å²) in [4.78, 5) is 22.5. The Bertz CT molecular complexity index is 556. The molecule has 0 radical (unpaired) electrons. The molecule has 0 spiro atoms. The lowest BCUT2D eigenvalue weighted by atomic mass is 10.0. The molecule has 0 atom stereocenters. The maximum atomic E-state index is 11.3. The standard InChI is InChI=1S/C11H5Cl3O3/c1-5(4-12)2-3-6-7(13)10(16)11(17)8(14)9(6)15/h4,15H,1H3/b5-4+. The number of halogens is 3. The van der Waals surface area contributed by atoms with Crippen LogP contribution in [0.2, 0.25) is 0 Å². The molecule has 1 N–H and O–H groups in total. The molecule has 0 bridgehead atoms. The second-order valence-electron chi connectivity index (χ2n) is 3.05. The average molecular weight is 292 g/mol. The van der Waals surface area contributed by atoms with Crippen molar-refractivity contribution in [1.82, 2.24) is 0 Å². The van der Waals surface area contributed by atoms with Crippen LogP contribution in [0.5, 0.6) is 0 Å². The minimum atomic E-state index is -1.05. The number of ketones is 2. The van der Waals surface area contributed by atoms with E-state index >= 15 is 0 Å². The average Bonchev–Trinajstić information content (AvgIpc) is 2.33. The Hall–Kier alpha value is -1.21. The summed E-state index contributed by atoms with van der Waals surface area (Å²) in [7, 11) is 0. The molecule has 0 saturated carbocycles. The smallest absolute Gasteiger partial charge is 0.249 e. The van der Waals surface area contributed by atoms with Crippen LogP contribution in [0.15, 0.2) is 32.5 Å². The quantitative estimate of drug-likeness (QED) is 0.424. The summed E-state index contributed by atoms with van der Waals surface area (Å²) in [6.07, 6.45) is 0. The zero-order chi connectivity index (χ0) is 13.2. The monoisotopic (exact) mass is 290 g/mol. The van der Waals surface area contributed by atoms with Crippen molar-refractivity contribution in [1.29, 1.82) is 0 Å². The van der Waals surface area contributed by atoms with Crippen molar-refractivity contribution < 1.29 is 14.7 Å². The van der Waals surface area contributed by atoms with E-state index in [0.717, 1.165) is 0 Å². The Balaban J connectivity index is 3.35. The minimum absolute atomic E-state index is 0.181. The van der Waals surface area contributed by atoms with E-state index in [2.05, 4.69) is 11.8 Å². The molecule has 0 aromatic carbocycles. The summed E-state index contributed by atoms with van der Waals surface area (Å²) in [5.41, 5.74) is 1.54. The van der Waals surface area contributed by atoms with Crippen LogP contribution < -0.4 is 0 Å². The van der Waals surface area contributed by atoms with Crippen LogP contribution in [0.4, 0.5) is 0 Å². The Labute approximate surface area is 112 Å². The topological polar surface area (TPSA) is 54.4 Å². The Kier molecular flexibility index (Phi) is 4.41. The van der Waals surface area contributed by atoms with E-state index in [1.54, 1.807) is 6.92 Å². The molecule has 0 unspecified atom stereocenters. The van der Waals surface area contributed by atoms with Gasteiger partial charge in [0.25, 0.3) is 0 Å². The van der Waals surface area contributed by atoms with Gasteiger partial charge >= 0.3 is 0 Å². The molecule has 0 heterocycles. The van der Waals surface area contributed by atoms with E-state index in [-0.39, 0.29) is 5.57 Å². The molecule has 88 valence electrons. The van der Waals surface area contributed by atoms with Crippen molar-refractivity contribution in [2.45, 2.75) is 6.92 Å². The lowest BCUT2D eigenvalue weighted by Crippen LogP contribution is -2.21. The second kappa shape index (κ2) is 5.42. The van der Waals surface area contributed by atoms with Gasteiger partial charge in [0.2, 0.25) is 11.6 Å². The highest BCUT2D eigenvalue weighted by atomic mass is 35.5. The SMILES string of the molecule is C/C(C#CC1=C(Cl)C(=O)C(=O)C(Cl)=C1O)=C\Cl. The van der Waals surface area contributed by atoms with E-state index in [1.807, 2.05) is 0 Å². The Morgan fingerprint density at radius 1 is 1.24 bits per heavy atom. The Morgan fingerprint density at radius 3 is 2.29 bits per heavy atom. The van der Waals surface area contributed by atoms with Crippen molar-refractivity contribution in [2.24, 2.45) is 0 Å². The molecule has 0 saturated heterocycles. The highest BCUT2D eigenvalue weighted by molar-refractivity contribution is 6.68. The van der Waals surface area contributed by atoms with E-state index in [9.17, 15) is 14.7 Å². The van der Waals surface area contributed by atoms with Gasteiger partial charge in [-0.2, -0.15) is 0 Å². The number of rotatable bonds is 0. The van der Waals surface area contributed by atoms with Gasteiger partial charge in [-0.15, -0.1) is 0 Å². The predicted molar refractivity (Wildman–Crippen MR) is 65.8 cm³/mol. The summed E-state index contributed by atoms with van der Waals surface area (Å²) in [6.45, 7) is 1.62. The molecule has 1 aliphatic carbocycles. The fraction of sp³-hybridized carbons (Fsp3) is 0.0909. The third-order valence-electron chi connectivity index (χ3n) is 1.82. The maximum absolute atomic E-state index is 11.3. The van der Waals surface area contributed by atoms with Gasteiger partial charge in [-0.25, -0.2) is 0 Å². The molecule has 0 aromatic heterocycles. The van der Waals surface area contributed by atoms with Gasteiger partial charge in [0.15, 0.2) is 5.76 Å². The van der Waals surface area contributed by atoms with Gasteiger partial charge in [0.1, 0.15) is 10.1 Å². The fourth-order valence-corrected chi connectivity index (χ4v) is 1.39. The molecular weight excluding hydrogens is 286 g/mol. The second-order valence-corrected chi connectivity index (χ2v) is 4.03. The lowest BCUT2D eigenvalue weighted by molar-refractivity contribution is -0.131. The third kappa shape index (κ3) is 2.73. The third-order valence-corrected chi connectivity index (χ3v) is 2.86. The van der Waals surface area contributed by atoms with Crippen LogP contribution in [0, 0.1) is 11.8 Å². The maximum Gasteiger partial charge on any atom is 0.249 e. The molecule has 3 nitrogen and oxygen atoms in total. The van der Waals surface area contributed by atoms with Crippen molar-refractivity contribution in [3.05, 3.63) is 32.5 Å². The molecule has 0 aromatic rings. The molecule has 1 aliphatic rings. The van der Waals surface area contributed by atoms with Gasteiger partial charge in [0.05, 0.1) is 5.57 Å². The summed E-state index contributed by atoms with van der Waals surface area (Å²) >= 11 is 16.5. The molecule has 1 rings (SSSR count). The number of Topliss-reactive ketones (excluding diaryl/α,β-unsaturated/α-hetero) is 2. The van der Waals surface area contributed by atoms with Gasteiger partial charge < -0.3 is 5.11 Å². The van der Waals surface area contributed by atoms with Crippen LogP contribution >= 0.6 is 34.8 Å². The first-order valence-electron chi connectivity index (χ1n) is 4.27.